The minimum absolute atomic E-state index is 0.167. The fourth-order valence-electron chi connectivity index (χ4n) is 1.07. The SMILES string of the molecule is CS(=O)(=O)c1ccnc(CCC(N)=O)c1. The van der Waals surface area contributed by atoms with Crippen molar-refractivity contribution in [1.29, 1.82) is 0 Å². The lowest BCUT2D eigenvalue weighted by Gasteiger charge is -2.01. The summed E-state index contributed by atoms with van der Waals surface area (Å²) in [5.74, 6) is -0.429. The van der Waals surface area contributed by atoms with Crippen molar-refractivity contribution >= 4 is 15.7 Å². The van der Waals surface area contributed by atoms with Crippen molar-refractivity contribution in [3.8, 4) is 0 Å². The van der Waals surface area contributed by atoms with Crippen LogP contribution < -0.4 is 5.73 Å². The highest BCUT2D eigenvalue weighted by Crippen LogP contribution is 2.10. The van der Waals surface area contributed by atoms with Crippen LogP contribution in [0.15, 0.2) is 23.2 Å². The molecule has 5 nitrogen and oxygen atoms in total. The zero-order chi connectivity index (χ0) is 11.5. The molecule has 1 aromatic heterocycles. The van der Waals surface area contributed by atoms with Gasteiger partial charge in [0.1, 0.15) is 0 Å². The number of carbonyl (C=O) groups is 1. The average Bonchev–Trinajstić information content (AvgIpc) is 2.14. The van der Waals surface area contributed by atoms with Crippen LogP contribution in [-0.2, 0) is 21.1 Å². The standard InChI is InChI=1S/C9H12N2O3S/c1-15(13,14)8-4-5-11-7(6-8)2-3-9(10)12/h4-6H,2-3H2,1H3,(H2,10,12). The highest BCUT2D eigenvalue weighted by molar-refractivity contribution is 7.90. The van der Waals surface area contributed by atoms with Crippen LogP contribution in [0.3, 0.4) is 0 Å². The van der Waals surface area contributed by atoms with E-state index in [1.165, 1.54) is 18.3 Å². The first-order valence-corrected chi connectivity index (χ1v) is 6.22. The molecular formula is C9H12N2O3S. The maximum Gasteiger partial charge on any atom is 0.217 e. The molecule has 0 aromatic carbocycles. The van der Waals surface area contributed by atoms with E-state index >= 15 is 0 Å². The lowest BCUT2D eigenvalue weighted by molar-refractivity contribution is -0.118. The predicted octanol–water partition coefficient (Wildman–Crippen LogP) is -0.0970. The van der Waals surface area contributed by atoms with Gasteiger partial charge in [0.2, 0.25) is 5.91 Å². The Hall–Kier alpha value is -1.43. The van der Waals surface area contributed by atoms with Gasteiger partial charge in [0.25, 0.3) is 0 Å². The topological polar surface area (TPSA) is 90.1 Å². The molecule has 0 saturated heterocycles. The molecule has 0 atom stereocenters. The van der Waals surface area contributed by atoms with Crippen LogP contribution in [0.2, 0.25) is 0 Å². The average molecular weight is 228 g/mol. The van der Waals surface area contributed by atoms with Gasteiger partial charge in [-0.1, -0.05) is 0 Å². The summed E-state index contributed by atoms with van der Waals surface area (Å²) in [6.07, 6.45) is 3.06. The summed E-state index contributed by atoms with van der Waals surface area (Å²) in [5.41, 5.74) is 5.53. The maximum atomic E-state index is 11.2. The number of aryl methyl sites for hydroxylation is 1. The number of sulfone groups is 1. The molecule has 82 valence electrons. The number of carbonyl (C=O) groups excluding carboxylic acids is 1. The highest BCUT2D eigenvalue weighted by Gasteiger charge is 2.08. The van der Waals surface area contributed by atoms with Crippen molar-refractivity contribution in [3.63, 3.8) is 0 Å². The van der Waals surface area contributed by atoms with E-state index in [4.69, 9.17) is 5.73 Å². The van der Waals surface area contributed by atoms with E-state index < -0.39 is 15.7 Å². The summed E-state index contributed by atoms with van der Waals surface area (Å²) in [4.78, 5) is 14.7. The highest BCUT2D eigenvalue weighted by atomic mass is 32.2. The molecule has 0 spiro atoms. The molecule has 1 rings (SSSR count). The molecule has 15 heavy (non-hydrogen) atoms. The van der Waals surface area contributed by atoms with Crippen LogP contribution in [-0.4, -0.2) is 25.6 Å². The quantitative estimate of drug-likeness (QED) is 0.779. The van der Waals surface area contributed by atoms with Crippen molar-refractivity contribution < 1.29 is 13.2 Å². The van der Waals surface area contributed by atoms with E-state index in [2.05, 4.69) is 4.98 Å². The van der Waals surface area contributed by atoms with Gasteiger partial charge >= 0.3 is 0 Å². The van der Waals surface area contributed by atoms with Gasteiger partial charge in [-0.15, -0.1) is 0 Å². The molecule has 2 N–H and O–H groups in total. The van der Waals surface area contributed by atoms with Crippen LogP contribution in [0.5, 0.6) is 0 Å². The molecule has 0 saturated carbocycles. The Kier molecular flexibility index (Phi) is 3.41. The number of pyridine rings is 1. The molecule has 0 fully saturated rings. The van der Waals surface area contributed by atoms with Crippen LogP contribution in [0.25, 0.3) is 0 Å². The second-order valence-electron chi connectivity index (χ2n) is 3.22. The molecule has 1 aromatic rings. The number of nitrogens with zero attached hydrogens (tertiary/aromatic N) is 1. The van der Waals surface area contributed by atoms with Gasteiger partial charge in [-0.25, -0.2) is 8.42 Å². The number of amides is 1. The Bertz CT molecular complexity index is 468. The summed E-state index contributed by atoms with van der Waals surface area (Å²) >= 11 is 0. The summed E-state index contributed by atoms with van der Waals surface area (Å²) in [7, 11) is -3.22. The van der Waals surface area contributed by atoms with Crippen molar-refractivity contribution in [2.75, 3.05) is 6.26 Å². The molecular weight excluding hydrogens is 216 g/mol. The van der Waals surface area contributed by atoms with Gasteiger partial charge in [0.05, 0.1) is 4.90 Å². The van der Waals surface area contributed by atoms with Crippen LogP contribution >= 0.6 is 0 Å². The smallest absolute Gasteiger partial charge is 0.217 e. The molecule has 0 unspecified atom stereocenters. The first kappa shape index (κ1) is 11.6. The zero-order valence-electron chi connectivity index (χ0n) is 8.30. The Morgan fingerprint density at radius 3 is 2.73 bits per heavy atom. The van der Waals surface area contributed by atoms with Gasteiger partial charge in [-0.05, 0) is 18.6 Å². The molecule has 0 aliphatic rings. The lowest BCUT2D eigenvalue weighted by Crippen LogP contribution is -2.11. The molecule has 1 heterocycles. The first-order chi connectivity index (χ1) is 6.89. The lowest BCUT2D eigenvalue weighted by atomic mass is 10.2. The second kappa shape index (κ2) is 4.39. The van der Waals surface area contributed by atoms with Crippen LogP contribution in [0, 0.1) is 0 Å². The molecule has 1 amide bonds. The summed E-state index contributed by atoms with van der Waals surface area (Å²) < 4.78 is 22.4. The molecule has 0 aliphatic heterocycles. The van der Waals surface area contributed by atoms with E-state index in [1.807, 2.05) is 0 Å². The van der Waals surface area contributed by atoms with E-state index in [9.17, 15) is 13.2 Å². The third-order valence-electron chi connectivity index (χ3n) is 1.84. The van der Waals surface area contributed by atoms with Crippen molar-refractivity contribution in [2.24, 2.45) is 5.73 Å². The summed E-state index contributed by atoms with van der Waals surface area (Å²) in [6, 6.07) is 2.88. The molecule has 0 radical (unpaired) electrons. The number of hydrogen-bond acceptors (Lipinski definition) is 4. The first-order valence-electron chi connectivity index (χ1n) is 4.33. The zero-order valence-corrected chi connectivity index (χ0v) is 9.12. The Morgan fingerprint density at radius 1 is 1.53 bits per heavy atom. The van der Waals surface area contributed by atoms with Crippen molar-refractivity contribution in [3.05, 3.63) is 24.0 Å². The second-order valence-corrected chi connectivity index (χ2v) is 5.24. The van der Waals surface area contributed by atoms with Crippen LogP contribution in [0.4, 0.5) is 0 Å². The number of primary amides is 1. The number of hydrogen-bond donors (Lipinski definition) is 1. The number of aromatic nitrogens is 1. The third-order valence-corrected chi connectivity index (χ3v) is 2.95. The Labute approximate surface area is 88.2 Å². The maximum absolute atomic E-state index is 11.2. The fraction of sp³-hybridized carbons (Fsp3) is 0.333. The number of nitrogens with two attached hydrogens (primary N) is 1. The Balaban J connectivity index is 2.89. The largest absolute Gasteiger partial charge is 0.370 e. The van der Waals surface area contributed by atoms with Gasteiger partial charge < -0.3 is 5.73 Å². The summed E-state index contributed by atoms with van der Waals surface area (Å²) in [6.45, 7) is 0. The number of rotatable bonds is 4. The Morgan fingerprint density at radius 2 is 2.20 bits per heavy atom. The molecule has 0 bridgehead atoms. The van der Waals surface area contributed by atoms with Crippen molar-refractivity contribution in [1.82, 2.24) is 4.98 Å². The van der Waals surface area contributed by atoms with E-state index in [-0.39, 0.29) is 11.3 Å². The van der Waals surface area contributed by atoms with Crippen LogP contribution in [0.1, 0.15) is 12.1 Å². The molecule has 6 heteroatoms. The predicted molar refractivity (Wildman–Crippen MR) is 54.9 cm³/mol. The summed E-state index contributed by atoms with van der Waals surface area (Å²) in [5, 5.41) is 0. The van der Waals surface area contributed by atoms with Gasteiger partial charge in [0.15, 0.2) is 9.84 Å². The van der Waals surface area contributed by atoms with Gasteiger partial charge in [-0.2, -0.15) is 0 Å². The normalized spacial score (nSPS) is 11.3. The third kappa shape index (κ3) is 3.67. The minimum atomic E-state index is -3.22. The minimum Gasteiger partial charge on any atom is -0.370 e. The molecule has 0 aliphatic carbocycles. The van der Waals surface area contributed by atoms with E-state index in [0.717, 1.165) is 6.26 Å². The van der Waals surface area contributed by atoms with Crippen molar-refractivity contribution in [2.45, 2.75) is 17.7 Å². The van der Waals surface area contributed by atoms with Gasteiger partial charge in [0, 0.05) is 24.6 Å². The van der Waals surface area contributed by atoms with E-state index in [1.54, 1.807) is 0 Å². The monoisotopic (exact) mass is 228 g/mol. The van der Waals surface area contributed by atoms with E-state index in [0.29, 0.717) is 12.1 Å². The van der Waals surface area contributed by atoms with Gasteiger partial charge in [-0.3, -0.25) is 9.78 Å². The fourth-order valence-corrected chi connectivity index (χ4v) is 1.73.